The fourth-order valence-corrected chi connectivity index (χ4v) is 2.54. The van der Waals surface area contributed by atoms with E-state index in [2.05, 4.69) is 37.4 Å². The molecule has 1 aliphatic rings. The van der Waals surface area contributed by atoms with E-state index in [4.69, 9.17) is 9.84 Å². The van der Waals surface area contributed by atoms with E-state index in [9.17, 15) is 4.79 Å². The summed E-state index contributed by atoms with van der Waals surface area (Å²) in [4.78, 5) is 11.0. The zero-order valence-electron chi connectivity index (χ0n) is 11.6. The minimum atomic E-state index is -0.729. The Morgan fingerprint density at radius 2 is 2.21 bits per heavy atom. The van der Waals surface area contributed by atoms with Crippen molar-refractivity contribution in [2.24, 2.45) is 5.92 Å². The minimum Gasteiger partial charge on any atom is -0.496 e. The smallest absolute Gasteiger partial charge is 0.307 e. The SMILES string of the molecule is COc1cc(C(C)C)ccc1C1CC(C(=O)O)CN1. The maximum absolute atomic E-state index is 11.0. The van der Waals surface area contributed by atoms with Gasteiger partial charge in [0.25, 0.3) is 0 Å². The Bertz CT molecular complexity index is 470. The fraction of sp³-hybridized carbons (Fsp3) is 0.533. The molecule has 1 aromatic rings. The summed E-state index contributed by atoms with van der Waals surface area (Å²) in [6, 6.07) is 6.27. The summed E-state index contributed by atoms with van der Waals surface area (Å²) in [7, 11) is 1.66. The van der Waals surface area contributed by atoms with Crippen molar-refractivity contribution in [3.63, 3.8) is 0 Å². The van der Waals surface area contributed by atoms with Crippen LogP contribution in [0.5, 0.6) is 5.75 Å². The predicted molar refractivity (Wildman–Crippen MR) is 73.6 cm³/mol. The molecule has 1 heterocycles. The maximum Gasteiger partial charge on any atom is 0.307 e. The molecule has 0 saturated carbocycles. The van der Waals surface area contributed by atoms with Crippen molar-refractivity contribution >= 4 is 5.97 Å². The summed E-state index contributed by atoms with van der Waals surface area (Å²) in [6.07, 6.45) is 0.618. The van der Waals surface area contributed by atoms with Gasteiger partial charge in [-0.15, -0.1) is 0 Å². The molecule has 1 aliphatic heterocycles. The number of carbonyl (C=O) groups is 1. The lowest BCUT2D eigenvalue weighted by molar-refractivity contribution is -0.141. The van der Waals surface area contributed by atoms with Gasteiger partial charge in [-0.3, -0.25) is 4.79 Å². The normalized spacial score (nSPS) is 22.7. The molecule has 0 amide bonds. The number of ether oxygens (including phenoxy) is 1. The van der Waals surface area contributed by atoms with Crippen LogP contribution in [0.2, 0.25) is 0 Å². The van der Waals surface area contributed by atoms with E-state index in [0.29, 0.717) is 18.9 Å². The zero-order valence-corrected chi connectivity index (χ0v) is 11.6. The summed E-state index contributed by atoms with van der Waals surface area (Å²) in [5.41, 5.74) is 2.28. The van der Waals surface area contributed by atoms with Crippen molar-refractivity contribution in [3.8, 4) is 5.75 Å². The topological polar surface area (TPSA) is 58.6 Å². The molecule has 19 heavy (non-hydrogen) atoms. The first-order chi connectivity index (χ1) is 9.02. The standard InChI is InChI=1S/C15H21NO3/c1-9(2)10-4-5-12(14(7-10)19-3)13-6-11(8-16-13)15(17)18/h4-5,7,9,11,13,16H,6,8H2,1-3H3,(H,17,18). The van der Waals surface area contributed by atoms with Crippen molar-refractivity contribution in [2.75, 3.05) is 13.7 Å². The second-order valence-corrected chi connectivity index (χ2v) is 5.39. The van der Waals surface area contributed by atoms with Gasteiger partial charge < -0.3 is 15.2 Å². The Morgan fingerprint density at radius 3 is 2.74 bits per heavy atom. The molecule has 2 N–H and O–H groups in total. The van der Waals surface area contributed by atoms with Crippen LogP contribution < -0.4 is 10.1 Å². The number of hydrogen-bond donors (Lipinski definition) is 2. The van der Waals surface area contributed by atoms with E-state index in [1.807, 2.05) is 0 Å². The molecular weight excluding hydrogens is 242 g/mol. The summed E-state index contributed by atoms with van der Waals surface area (Å²) in [5, 5.41) is 12.3. The van der Waals surface area contributed by atoms with Crippen LogP contribution in [0.4, 0.5) is 0 Å². The number of rotatable bonds is 4. The number of methoxy groups -OCH3 is 1. The Balaban J connectivity index is 2.23. The van der Waals surface area contributed by atoms with Crippen LogP contribution in [0.15, 0.2) is 18.2 Å². The van der Waals surface area contributed by atoms with Crippen molar-refractivity contribution in [1.29, 1.82) is 0 Å². The molecule has 1 fully saturated rings. The van der Waals surface area contributed by atoms with Crippen molar-refractivity contribution in [1.82, 2.24) is 5.32 Å². The fourth-order valence-electron chi connectivity index (χ4n) is 2.54. The summed E-state index contributed by atoms with van der Waals surface area (Å²) in [5.74, 6) is 0.258. The van der Waals surface area contributed by atoms with Crippen LogP contribution in [0.3, 0.4) is 0 Å². The van der Waals surface area contributed by atoms with E-state index >= 15 is 0 Å². The third kappa shape index (κ3) is 2.89. The average molecular weight is 263 g/mol. The Labute approximate surface area is 113 Å². The Morgan fingerprint density at radius 1 is 1.47 bits per heavy atom. The molecule has 2 rings (SSSR count). The summed E-state index contributed by atoms with van der Waals surface area (Å²) >= 11 is 0. The molecule has 1 aromatic carbocycles. The summed E-state index contributed by atoms with van der Waals surface area (Å²) in [6.45, 7) is 4.81. The first-order valence-corrected chi connectivity index (χ1v) is 6.67. The first kappa shape index (κ1) is 13.9. The second-order valence-electron chi connectivity index (χ2n) is 5.39. The van der Waals surface area contributed by atoms with E-state index < -0.39 is 5.97 Å². The molecule has 0 bridgehead atoms. The average Bonchev–Trinajstić information content (AvgIpc) is 2.87. The van der Waals surface area contributed by atoms with Gasteiger partial charge in [0.1, 0.15) is 5.75 Å². The monoisotopic (exact) mass is 263 g/mol. The van der Waals surface area contributed by atoms with E-state index in [1.165, 1.54) is 5.56 Å². The molecule has 2 unspecified atom stereocenters. The lowest BCUT2D eigenvalue weighted by atomic mass is 9.95. The van der Waals surface area contributed by atoms with Gasteiger partial charge in [0, 0.05) is 18.2 Å². The highest BCUT2D eigenvalue weighted by atomic mass is 16.5. The van der Waals surface area contributed by atoms with Gasteiger partial charge in [-0.05, 0) is 24.0 Å². The largest absolute Gasteiger partial charge is 0.496 e. The molecule has 2 atom stereocenters. The van der Waals surface area contributed by atoms with Crippen molar-refractivity contribution < 1.29 is 14.6 Å². The van der Waals surface area contributed by atoms with Gasteiger partial charge in [-0.2, -0.15) is 0 Å². The number of hydrogen-bond acceptors (Lipinski definition) is 3. The Kier molecular flexibility index (Phi) is 4.10. The second kappa shape index (κ2) is 5.61. The molecule has 0 radical (unpaired) electrons. The number of aliphatic carboxylic acids is 1. The lowest BCUT2D eigenvalue weighted by Crippen LogP contribution is -2.17. The van der Waals surface area contributed by atoms with Crippen LogP contribution in [0.25, 0.3) is 0 Å². The highest BCUT2D eigenvalue weighted by Gasteiger charge is 2.31. The highest BCUT2D eigenvalue weighted by Crippen LogP contribution is 2.35. The van der Waals surface area contributed by atoms with Gasteiger partial charge in [-0.25, -0.2) is 0 Å². The highest BCUT2D eigenvalue weighted by molar-refractivity contribution is 5.71. The molecule has 0 aromatic heterocycles. The molecule has 0 aliphatic carbocycles. The van der Waals surface area contributed by atoms with E-state index in [0.717, 1.165) is 11.3 Å². The third-order valence-electron chi connectivity index (χ3n) is 3.78. The van der Waals surface area contributed by atoms with Crippen molar-refractivity contribution in [2.45, 2.75) is 32.2 Å². The van der Waals surface area contributed by atoms with Gasteiger partial charge in [-0.1, -0.05) is 26.0 Å². The molecular formula is C15H21NO3. The number of carboxylic acids is 1. The maximum atomic E-state index is 11.0. The van der Waals surface area contributed by atoms with Crippen molar-refractivity contribution in [3.05, 3.63) is 29.3 Å². The third-order valence-corrected chi connectivity index (χ3v) is 3.78. The van der Waals surface area contributed by atoms with E-state index in [-0.39, 0.29) is 12.0 Å². The number of benzene rings is 1. The van der Waals surface area contributed by atoms with Crippen LogP contribution in [-0.4, -0.2) is 24.7 Å². The quantitative estimate of drug-likeness (QED) is 0.876. The molecule has 1 saturated heterocycles. The minimum absolute atomic E-state index is 0.0669. The first-order valence-electron chi connectivity index (χ1n) is 6.67. The zero-order chi connectivity index (χ0) is 14.0. The molecule has 4 heteroatoms. The summed E-state index contributed by atoms with van der Waals surface area (Å²) < 4.78 is 5.46. The molecule has 0 spiro atoms. The van der Waals surface area contributed by atoms with Crippen LogP contribution in [0, 0.1) is 5.92 Å². The van der Waals surface area contributed by atoms with E-state index in [1.54, 1.807) is 7.11 Å². The number of nitrogens with one attached hydrogen (secondary N) is 1. The Hall–Kier alpha value is -1.55. The number of carboxylic acid groups (broad SMARTS) is 1. The van der Waals surface area contributed by atoms with Crippen LogP contribution >= 0.6 is 0 Å². The van der Waals surface area contributed by atoms with Gasteiger partial charge in [0.05, 0.1) is 13.0 Å². The van der Waals surface area contributed by atoms with Gasteiger partial charge in [0.15, 0.2) is 0 Å². The molecule has 104 valence electrons. The van der Waals surface area contributed by atoms with Crippen LogP contribution in [-0.2, 0) is 4.79 Å². The van der Waals surface area contributed by atoms with Gasteiger partial charge in [0.2, 0.25) is 0 Å². The predicted octanol–water partition coefficient (Wildman–Crippen LogP) is 2.55. The van der Waals surface area contributed by atoms with Crippen LogP contribution in [0.1, 0.15) is 43.4 Å². The van der Waals surface area contributed by atoms with Gasteiger partial charge >= 0.3 is 5.97 Å². The molecule has 4 nitrogen and oxygen atoms in total. The lowest BCUT2D eigenvalue weighted by Gasteiger charge is -2.17.